The highest BCUT2D eigenvalue weighted by molar-refractivity contribution is 8.02. The molecule has 0 nitrogen and oxygen atoms in total. The summed E-state index contributed by atoms with van der Waals surface area (Å²) < 4.78 is 12.2. The van der Waals surface area contributed by atoms with E-state index >= 15 is 0 Å². The van der Waals surface area contributed by atoms with Gasteiger partial charge in [-0.3, -0.25) is 0 Å². The molecule has 60 valence electrons. The molecule has 0 unspecified atom stereocenters. The van der Waals surface area contributed by atoms with Crippen LogP contribution < -0.4 is 0 Å². The minimum absolute atomic E-state index is 0.263. The summed E-state index contributed by atoms with van der Waals surface area (Å²) in [5.74, 6) is 0.741. The Bertz CT molecular complexity index is 121. The van der Waals surface area contributed by atoms with Gasteiger partial charge < -0.3 is 0 Å². The zero-order valence-electron chi connectivity index (χ0n) is 5.66. The number of thioether (sulfide) groups is 1. The van der Waals surface area contributed by atoms with Crippen molar-refractivity contribution >= 4 is 35.0 Å². The van der Waals surface area contributed by atoms with E-state index in [0.717, 1.165) is 30.4 Å². The van der Waals surface area contributed by atoms with Crippen LogP contribution in [0.4, 0.5) is 4.39 Å². The Balaban J connectivity index is 3.40. The molecule has 0 rings (SSSR count). The molecule has 0 aliphatic rings. The molecule has 0 saturated carbocycles. The van der Waals surface area contributed by atoms with E-state index in [2.05, 4.69) is 0 Å². The second-order valence-corrected chi connectivity index (χ2v) is 3.74. The zero-order valence-corrected chi connectivity index (χ0v) is 7.99. The molecule has 0 heterocycles. The summed E-state index contributed by atoms with van der Waals surface area (Å²) in [5, 5.41) is -0.475. The van der Waals surface area contributed by atoms with Gasteiger partial charge in [0.2, 0.25) is 0 Å². The molecule has 0 aliphatic heterocycles. The van der Waals surface area contributed by atoms with Gasteiger partial charge in [0.1, 0.15) is 4.49 Å². The molecular formula is C6H9Cl2FS. The molecule has 0 amide bonds. The van der Waals surface area contributed by atoms with E-state index in [1.165, 1.54) is 0 Å². The van der Waals surface area contributed by atoms with E-state index < -0.39 is 5.16 Å². The third-order valence-electron chi connectivity index (χ3n) is 0.875. The van der Waals surface area contributed by atoms with Crippen LogP contribution in [0.5, 0.6) is 0 Å². The predicted octanol–water partition coefficient (Wildman–Crippen LogP) is 4.09. The first-order chi connectivity index (χ1) is 4.68. The molecule has 0 aromatic carbocycles. The van der Waals surface area contributed by atoms with Crippen molar-refractivity contribution in [2.45, 2.75) is 19.8 Å². The Kier molecular flexibility index (Phi) is 6.70. The van der Waals surface area contributed by atoms with Gasteiger partial charge in [0.15, 0.2) is 5.16 Å². The number of halogens is 3. The molecule has 4 heteroatoms. The third kappa shape index (κ3) is 5.39. The van der Waals surface area contributed by atoms with Crippen molar-refractivity contribution in [2.24, 2.45) is 0 Å². The Morgan fingerprint density at radius 2 is 2.10 bits per heavy atom. The highest BCUT2D eigenvalue weighted by Gasteiger charge is 2.00. The molecule has 0 fully saturated rings. The first-order valence-electron chi connectivity index (χ1n) is 3.02. The normalized spacial score (nSPS) is 9.60. The first-order valence-corrected chi connectivity index (χ1v) is 4.76. The quantitative estimate of drug-likeness (QED) is 0.620. The number of rotatable bonds is 4. The molecular weight excluding hydrogens is 194 g/mol. The SMILES string of the molecule is CCCCSC(F)=C(Cl)Cl. The Morgan fingerprint density at radius 1 is 1.50 bits per heavy atom. The zero-order chi connectivity index (χ0) is 7.98. The monoisotopic (exact) mass is 202 g/mol. The van der Waals surface area contributed by atoms with Gasteiger partial charge in [0, 0.05) is 5.75 Å². The van der Waals surface area contributed by atoms with Gasteiger partial charge >= 0.3 is 0 Å². The standard InChI is InChI=1S/C6H9Cl2FS/c1-2-3-4-10-6(9)5(7)8/h2-4H2,1H3. The fourth-order valence-corrected chi connectivity index (χ4v) is 1.41. The van der Waals surface area contributed by atoms with Crippen LogP contribution in [0.1, 0.15) is 19.8 Å². The summed E-state index contributed by atoms with van der Waals surface area (Å²) in [5.41, 5.74) is 0. The molecule has 0 atom stereocenters. The van der Waals surface area contributed by atoms with Crippen molar-refractivity contribution in [2.75, 3.05) is 5.75 Å². The van der Waals surface area contributed by atoms with E-state index in [0.29, 0.717) is 0 Å². The van der Waals surface area contributed by atoms with Gasteiger partial charge in [0.25, 0.3) is 0 Å². The minimum Gasteiger partial charge on any atom is -0.197 e. The van der Waals surface area contributed by atoms with Crippen molar-refractivity contribution in [3.63, 3.8) is 0 Å². The van der Waals surface area contributed by atoms with E-state index in [-0.39, 0.29) is 4.49 Å². The van der Waals surface area contributed by atoms with E-state index in [9.17, 15) is 4.39 Å². The van der Waals surface area contributed by atoms with Gasteiger partial charge in [-0.05, 0) is 6.42 Å². The highest BCUT2D eigenvalue weighted by Crippen LogP contribution is 2.26. The lowest BCUT2D eigenvalue weighted by Gasteiger charge is -1.94. The molecule has 0 spiro atoms. The van der Waals surface area contributed by atoms with Gasteiger partial charge in [-0.15, -0.1) is 0 Å². The second kappa shape index (κ2) is 6.32. The maximum absolute atomic E-state index is 12.4. The summed E-state index contributed by atoms with van der Waals surface area (Å²) in [6.07, 6.45) is 2.04. The van der Waals surface area contributed by atoms with Gasteiger partial charge in [-0.25, -0.2) is 0 Å². The van der Waals surface area contributed by atoms with Crippen LogP contribution in [-0.4, -0.2) is 5.75 Å². The summed E-state index contributed by atoms with van der Waals surface area (Å²) in [4.78, 5) is 0. The molecule has 0 radical (unpaired) electrons. The van der Waals surface area contributed by atoms with E-state index in [1.54, 1.807) is 0 Å². The molecule has 0 aromatic rings. The molecule has 10 heavy (non-hydrogen) atoms. The molecule has 0 N–H and O–H groups in total. The molecule has 0 bridgehead atoms. The smallest absolute Gasteiger partial charge is 0.186 e. The van der Waals surface area contributed by atoms with Crippen LogP contribution in [0, 0.1) is 0 Å². The summed E-state index contributed by atoms with van der Waals surface area (Å²) in [6, 6.07) is 0. The van der Waals surface area contributed by atoms with Gasteiger partial charge in [0.05, 0.1) is 0 Å². The first kappa shape index (κ1) is 10.6. The van der Waals surface area contributed by atoms with Gasteiger partial charge in [-0.1, -0.05) is 48.3 Å². The van der Waals surface area contributed by atoms with Crippen LogP contribution in [0.2, 0.25) is 0 Å². The van der Waals surface area contributed by atoms with Crippen LogP contribution in [0.3, 0.4) is 0 Å². The van der Waals surface area contributed by atoms with E-state index in [1.807, 2.05) is 6.92 Å². The van der Waals surface area contributed by atoms with Crippen molar-refractivity contribution in [3.8, 4) is 0 Å². The van der Waals surface area contributed by atoms with Crippen LogP contribution in [-0.2, 0) is 0 Å². The Labute approximate surface area is 74.8 Å². The fraction of sp³-hybridized carbons (Fsp3) is 0.667. The highest BCUT2D eigenvalue weighted by atomic mass is 35.5. The molecule has 0 saturated heterocycles. The van der Waals surface area contributed by atoms with Crippen LogP contribution >= 0.6 is 35.0 Å². The Morgan fingerprint density at radius 3 is 2.50 bits per heavy atom. The molecule has 0 aliphatic carbocycles. The van der Waals surface area contributed by atoms with Gasteiger partial charge in [-0.2, -0.15) is 4.39 Å². The third-order valence-corrected chi connectivity index (χ3v) is 2.38. The topological polar surface area (TPSA) is 0 Å². The van der Waals surface area contributed by atoms with E-state index in [4.69, 9.17) is 23.2 Å². The number of hydrogen-bond acceptors (Lipinski definition) is 1. The average Bonchev–Trinajstić information content (AvgIpc) is 1.88. The van der Waals surface area contributed by atoms with Crippen LogP contribution in [0.25, 0.3) is 0 Å². The van der Waals surface area contributed by atoms with Crippen molar-refractivity contribution in [1.29, 1.82) is 0 Å². The lowest BCUT2D eigenvalue weighted by Crippen LogP contribution is -1.76. The average molecular weight is 203 g/mol. The lowest BCUT2D eigenvalue weighted by atomic mass is 10.4. The number of hydrogen-bond donors (Lipinski definition) is 0. The Hall–Kier alpha value is 0.600. The maximum atomic E-state index is 12.4. The molecule has 0 aromatic heterocycles. The lowest BCUT2D eigenvalue weighted by molar-refractivity contribution is 0.699. The van der Waals surface area contributed by atoms with Crippen molar-refractivity contribution in [1.82, 2.24) is 0 Å². The summed E-state index contributed by atoms with van der Waals surface area (Å²) in [6.45, 7) is 2.05. The largest absolute Gasteiger partial charge is 0.197 e. The maximum Gasteiger partial charge on any atom is 0.186 e. The second-order valence-electron chi connectivity index (χ2n) is 1.74. The summed E-state index contributed by atoms with van der Waals surface area (Å²) >= 11 is 11.4. The van der Waals surface area contributed by atoms with Crippen molar-refractivity contribution < 1.29 is 4.39 Å². The number of unbranched alkanes of at least 4 members (excludes halogenated alkanes) is 1. The summed E-state index contributed by atoms with van der Waals surface area (Å²) in [7, 11) is 0. The predicted molar refractivity (Wildman–Crippen MR) is 47.2 cm³/mol. The van der Waals surface area contributed by atoms with Crippen molar-refractivity contribution in [3.05, 3.63) is 9.65 Å². The fourth-order valence-electron chi connectivity index (χ4n) is 0.361. The minimum atomic E-state index is -0.475. The van der Waals surface area contributed by atoms with Crippen LogP contribution in [0.15, 0.2) is 9.65 Å².